The second-order valence-electron chi connectivity index (χ2n) is 6.37. The summed E-state index contributed by atoms with van der Waals surface area (Å²) in [5.41, 5.74) is 0.500. The smallest absolute Gasteiger partial charge is 0.298 e. The first kappa shape index (κ1) is 20.1. The standard InChI is InChI=1S/C16H22F5N3S/c1-11(22-23(3)12(2)16(19,20)21)14-5-4-13(25-14)10-24-8-6-15(17,18)7-9-24/h4-5,12H,6-10H2,1-3H3/b22-11+. The lowest BCUT2D eigenvalue weighted by atomic mass is 10.1. The maximum Gasteiger partial charge on any atom is 0.410 e. The molecular formula is C16H22F5N3S. The number of piperidine rings is 1. The molecule has 0 radical (unpaired) electrons. The fourth-order valence-corrected chi connectivity index (χ4v) is 3.49. The Morgan fingerprint density at radius 1 is 1.32 bits per heavy atom. The minimum Gasteiger partial charge on any atom is -0.298 e. The molecule has 2 heterocycles. The predicted octanol–water partition coefficient (Wildman–Crippen LogP) is 4.59. The van der Waals surface area contributed by atoms with Gasteiger partial charge in [0.05, 0.1) is 10.6 Å². The van der Waals surface area contributed by atoms with Crippen LogP contribution in [0.15, 0.2) is 17.2 Å². The van der Waals surface area contributed by atoms with Crippen LogP contribution < -0.4 is 0 Å². The first-order valence-electron chi connectivity index (χ1n) is 8.02. The molecule has 1 atom stereocenters. The maximum atomic E-state index is 13.2. The summed E-state index contributed by atoms with van der Waals surface area (Å²) in [5.74, 6) is -2.57. The van der Waals surface area contributed by atoms with Crippen LogP contribution in [0, 0.1) is 0 Å². The summed E-state index contributed by atoms with van der Waals surface area (Å²) in [7, 11) is 1.30. The minimum atomic E-state index is -4.34. The first-order chi connectivity index (χ1) is 11.5. The van der Waals surface area contributed by atoms with Gasteiger partial charge in [-0.2, -0.15) is 18.3 Å². The fourth-order valence-electron chi connectivity index (χ4n) is 2.50. The van der Waals surface area contributed by atoms with Crippen molar-refractivity contribution in [3.8, 4) is 0 Å². The van der Waals surface area contributed by atoms with Crippen LogP contribution in [0.2, 0.25) is 0 Å². The van der Waals surface area contributed by atoms with E-state index in [4.69, 9.17) is 0 Å². The van der Waals surface area contributed by atoms with Crippen LogP contribution in [0.25, 0.3) is 0 Å². The zero-order valence-corrected chi connectivity index (χ0v) is 15.2. The van der Waals surface area contributed by atoms with Gasteiger partial charge in [-0.1, -0.05) is 0 Å². The number of alkyl halides is 5. The number of rotatable bonds is 5. The van der Waals surface area contributed by atoms with E-state index in [0.717, 1.165) is 21.7 Å². The summed E-state index contributed by atoms with van der Waals surface area (Å²) >= 11 is 1.43. The van der Waals surface area contributed by atoms with E-state index < -0.39 is 18.1 Å². The highest BCUT2D eigenvalue weighted by molar-refractivity contribution is 7.14. The number of hydrogen-bond donors (Lipinski definition) is 0. The Morgan fingerprint density at radius 3 is 2.48 bits per heavy atom. The fraction of sp³-hybridized carbons (Fsp3) is 0.688. The number of hydrogen-bond acceptors (Lipinski definition) is 4. The van der Waals surface area contributed by atoms with Crippen LogP contribution in [0.4, 0.5) is 22.0 Å². The second kappa shape index (κ2) is 7.57. The number of halogens is 5. The van der Waals surface area contributed by atoms with Crippen molar-refractivity contribution in [2.75, 3.05) is 20.1 Å². The molecule has 0 amide bonds. The summed E-state index contributed by atoms with van der Waals surface area (Å²) in [5, 5.41) is 4.92. The van der Waals surface area contributed by atoms with Crippen molar-refractivity contribution in [3.63, 3.8) is 0 Å². The zero-order valence-electron chi connectivity index (χ0n) is 14.4. The Morgan fingerprint density at radius 2 is 1.92 bits per heavy atom. The molecule has 1 aromatic rings. The SMILES string of the molecule is C/C(=N\N(C)C(C)C(F)(F)F)c1ccc(CN2CCC(F)(F)CC2)s1. The van der Waals surface area contributed by atoms with Crippen LogP contribution in [-0.2, 0) is 6.54 Å². The Balaban J connectivity index is 1.97. The van der Waals surface area contributed by atoms with Crippen molar-refractivity contribution in [1.82, 2.24) is 9.91 Å². The van der Waals surface area contributed by atoms with Crippen LogP contribution >= 0.6 is 11.3 Å². The molecule has 0 aromatic carbocycles. The molecule has 1 saturated heterocycles. The van der Waals surface area contributed by atoms with E-state index in [1.54, 1.807) is 6.92 Å². The summed E-state index contributed by atoms with van der Waals surface area (Å²) in [4.78, 5) is 3.73. The molecule has 0 N–H and O–H groups in total. The maximum absolute atomic E-state index is 13.2. The highest BCUT2D eigenvalue weighted by atomic mass is 32.1. The van der Waals surface area contributed by atoms with Crippen molar-refractivity contribution in [1.29, 1.82) is 0 Å². The van der Waals surface area contributed by atoms with Crippen LogP contribution in [-0.4, -0.2) is 53.9 Å². The number of likely N-dealkylation sites (tertiary alicyclic amines) is 1. The third-order valence-corrected chi connectivity index (χ3v) is 5.51. The van der Waals surface area contributed by atoms with Gasteiger partial charge < -0.3 is 0 Å². The Hall–Kier alpha value is -1.22. The molecule has 9 heteroatoms. The van der Waals surface area contributed by atoms with Crippen LogP contribution in [0.5, 0.6) is 0 Å². The summed E-state index contributed by atoms with van der Waals surface area (Å²) < 4.78 is 64.5. The molecule has 0 saturated carbocycles. The lowest BCUT2D eigenvalue weighted by molar-refractivity contribution is -0.175. The highest BCUT2D eigenvalue weighted by Gasteiger charge is 2.39. The van der Waals surface area contributed by atoms with Crippen molar-refractivity contribution in [3.05, 3.63) is 21.9 Å². The molecular weight excluding hydrogens is 361 g/mol. The Kier molecular flexibility index (Phi) is 6.09. The van der Waals surface area contributed by atoms with Crippen molar-refractivity contribution in [2.24, 2.45) is 5.10 Å². The molecule has 0 spiro atoms. The van der Waals surface area contributed by atoms with E-state index in [1.165, 1.54) is 18.4 Å². The van der Waals surface area contributed by atoms with Gasteiger partial charge >= 0.3 is 6.18 Å². The van der Waals surface area contributed by atoms with E-state index in [-0.39, 0.29) is 12.8 Å². The largest absolute Gasteiger partial charge is 0.410 e. The van der Waals surface area contributed by atoms with Gasteiger partial charge in [0.15, 0.2) is 0 Å². The van der Waals surface area contributed by atoms with Gasteiger partial charge in [0.1, 0.15) is 6.04 Å². The normalized spacial score (nSPS) is 20.6. The molecule has 0 bridgehead atoms. The number of nitrogens with zero attached hydrogens (tertiary/aromatic N) is 3. The van der Waals surface area contributed by atoms with E-state index in [2.05, 4.69) is 5.10 Å². The summed E-state index contributed by atoms with van der Waals surface area (Å²) in [6, 6.07) is 2.01. The number of hydrazone groups is 1. The molecule has 1 unspecified atom stereocenters. The monoisotopic (exact) mass is 383 g/mol. The van der Waals surface area contributed by atoms with Gasteiger partial charge in [0.2, 0.25) is 0 Å². The molecule has 1 aliphatic rings. The van der Waals surface area contributed by atoms with E-state index in [9.17, 15) is 22.0 Å². The van der Waals surface area contributed by atoms with Gasteiger partial charge in [-0.15, -0.1) is 11.3 Å². The Labute approximate surface area is 148 Å². The minimum absolute atomic E-state index is 0.133. The van der Waals surface area contributed by atoms with Gasteiger partial charge in [0, 0.05) is 44.4 Å². The average Bonchev–Trinajstić information content (AvgIpc) is 2.96. The summed E-state index contributed by atoms with van der Waals surface area (Å²) in [6.07, 6.45) is -4.60. The van der Waals surface area contributed by atoms with Crippen molar-refractivity contribution < 1.29 is 22.0 Å². The molecule has 142 valence electrons. The quantitative estimate of drug-likeness (QED) is 0.421. The second-order valence-corrected chi connectivity index (χ2v) is 7.54. The predicted molar refractivity (Wildman–Crippen MR) is 89.3 cm³/mol. The van der Waals surface area contributed by atoms with E-state index in [0.29, 0.717) is 25.3 Å². The Bertz CT molecular complexity index is 601. The highest BCUT2D eigenvalue weighted by Crippen LogP contribution is 2.29. The third kappa shape index (κ3) is 5.64. The molecule has 25 heavy (non-hydrogen) atoms. The van der Waals surface area contributed by atoms with Crippen LogP contribution in [0.1, 0.15) is 36.4 Å². The van der Waals surface area contributed by atoms with Gasteiger partial charge in [-0.3, -0.25) is 9.91 Å². The number of thiophene rings is 1. The van der Waals surface area contributed by atoms with Gasteiger partial charge in [-0.25, -0.2) is 8.78 Å². The lowest BCUT2D eigenvalue weighted by Crippen LogP contribution is -2.38. The van der Waals surface area contributed by atoms with Crippen LogP contribution in [0.3, 0.4) is 0 Å². The van der Waals surface area contributed by atoms with E-state index >= 15 is 0 Å². The molecule has 1 aromatic heterocycles. The van der Waals surface area contributed by atoms with Gasteiger partial charge in [-0.05, 0) is 26.0 Å². The molecule has 0 aliphatic carbocycles. The molecule has 2 rings (SSSR count). The topological polar surface area (TPSA) is 18.8 Å². The van der Waals surface area contributed by atoms with Crippen molar-refractivity contribution in [2.45, 2.75) is 51.4 Å². The first-order valence-corrected chi connectivity index (χ1v) is 8.83. The molecule has 1 fully saturated rings. The van der Waals surface area contributed by atoms with Gasteiger partial charge in [0.25, 0.3) is 5.92 Å². The third-order valence-electron chi connectivity index (χ3n) is 4.33. The molecule has 1 aliphatic heterocycles. The summed E-state index contributed by atoms with van der Waals surface area (Å²) in [6.45, 7) is 3.99. The zero-order chi connectivity index (χ0) is 18.8. The average molecular weight is 383 g/mol. The van der Waals surface area contributed by atoms with Crippen molar-refractivity contribution >= 4 is 17.0 Å². The lowest BCUT2D eigenvalue weighted by Gasteiger charge is -2.31. The van der Waals surface area contributed by atoms with E-state index in [1.807, 2.05) is 17.0 Å². The molecule has 3 nitrogen and oxygen atoms in total.